The second-order valence-electron chi connectivity index (χ2n) is 8.90. The third-order valence-electron chi connectivity index (χ3n) is 7.59. The van der Waals surface area contributed by atoms with Gasteiger partial charge in [0.1, 0.15) is 0 Å². The van der Waals surface area contributed by atoms with Gasteiger partial charge in [0, 0.05) is 0 Å². The number of carboxylic acid groups (broad SMARTS) is 4. The van der Waals surface area contributed by atoms with Crippen LogP contribution in [-0.2, 0) is 19.2 Å². The molecule has 0 saturated heterocycles. The van der Waals surface area contributed by atoms with Crippen LogP contribution in [0.2, 0.25) is 0 Å². The second kappa shape index (κ2) is 6.21. The maximum atomic E-state index is 12.6. The molecule has 8 nitrogen and oxygen atoms in total. The van der Waals surface area contributed by atoms with E-state index in [0.29, 0.717) is 0 Å². The molecule has 2 aliphatic carbocycles. The van der Waals surface area contributed by atoms with Crippen LogP contribution < -0.4 is 0 Å². The summed E-state index contributed by atoms with van der Waals surface area (Å²) in [5, 5.41) is 39.6. The van der Waals surface area contributed by atoms with E-state index < -0.39 is 69.7 Å². The Kier molecular flexibility index (Phi) is 4.87. The van der Waals surface area contributed by atoms with E-state index in [9.17, 15) is 39.6 Å². The molecule has 6 unspecified atom stereocenters. The van der Waals surface area contributed by atoms with Crippen molar-refractivity contribution in [3.05, 3.63) is 0 Å². The van der Waals surface area contributed by atoms with Crippen LogP contribution in [-0.4, -0.2) is 44.3 Å². The molecule has 8 heteroatoms. The first kappa shape index (κ1) is 21.2. The Morgan fingerprint density at radius 2 is 1.30 bits per heavy atom. The summed E-state index contributed by atoms with van der Waals surface area (Å²) in [7, 11) is 0. The van der Waals surface area contributed by atoms with Crippen molar-refractivity contribution < 1.29 is 39.6 Å². The summed E-state index contributed by atoms with van der Waals surface area (Å²) < 4.78 is 0. The van der Waals surface area contributed by atoms with Gasteiger partial charge in [0.05, 0.1) is 22.7 Å². The van der Waals surface area contributed by atoms with E-state index in [1.54, 1.807) is 34.6 Å². The van der Waals surface area contributed by atoms with Gasteiger partial charge in [0.15, 0.2) is 0 Å². The van der Waals surface area contributed by atoms with Gasteiger partial charge < -0.3 is 20.4 Å². The van der Waals surface area contributed by atoms with Gasteiger partial charge in [-0.1, -0.05) is 34.6 Å². The fraction of sp³-hybridized carbons (Fsp3) is 0.789. The molecule has 0 heterocycles. The van der Waals surface area contributed by atoms with Crippen LogP contribution >= 0.6 is 0 Å². The van der Waals surface area contributed by atoms with Gasteiger partial charge in [-0.05, 0) is 36.0 Å². The van der Waals surface area contributed by atoms with Gasteiger partial charge in [-0.2, -0.15) is 0 Å². The molecule has 0 aliphatic heterocycles. The van der Waals surface area contributed by atoms with Crippen LogP contribution in [0.5, 0.6) is 0 Å². The molecule has 0 aromatic rings. The molecular weight excluding hydrogens is 356 g/mol. The van der Waals surface area contributed by atoms with Crippen molar-refractivity contribution in [2.45, 2.75) is 47.5 Å². The van der Waals surface area contributed by atoms with Gasteiger partial charge in [-0.3, -0.25) is 19.2 Å². The highest BCUT2D eigenvalue weighted by molar-refractivity contribution is 5.92. The molecule has 0 bridgehead atoms. The highest BCUT2D eigenvalue weighted by Crippen LogP contribution is 2.81. The number of aliphatic carboxylic acids is 4. The lowest BCUT2D eigenvalue weighted by Crippen LogP contribution is -2.82. The SMILES string of the molecule is CC(C)C1(C(=O)O)C2CC(C(=O)O)C(C(=O)O)CC2(C)C1(C(=O)O)C(C)C. The monoisotopic (exact) mass is 384 g/mol. The summed E-state index contributed by atoms with van der Waals surface area (Å²) in [5.41, 5.74) is -4.49. The average molecular weight is 384 g/mol. The Bertz CT molecular complexity index is 698. The number of hydrogen-bond acceptors (Lipinski definition) is 4. The van der Waals surface area contributed by atoms with Crippen molar-refractivity contribution in [3.8, 4) is 0 Å². The molecule has 2 aliphatic rings. The molecule has 2 rings (SSSR count). The zero-order valence-corrected chi connectivity index (χ0v) is 16.2. The smallest absolute Gasteiger partial charge is 0.311 e. The van der Waals surface area contributed by atoms with Crippen LogP contribution in [0, 0.1) is 45.8 Å². The molecule has 2 saturated carbocycles. The van der Waals surface area contributed by atoms with Crippen LogP contribution in [0.15, 0.2) is 0 Å². The minimum absolute atomic E-state index is 0.158. The van der Waals surface area contributed by atoms with Crippen LogP contribution in [0.4, 0.5) is 0 Å². The molecule has 2 fully saturated rings. The number of carboxylic acids is 4. The van der Waals surface area contributed by atoms with E-state index in [1.165, 1.54) is 0 Å². The zero-order chi connectivity index (χ0) is 21.1. The van der Waals surface area contributed by atoms with Crippen molar-refractivity contribution in [2.24, 2.45) is 45.8 Å². The molecule has 0 aromatic heterocycles. The minimum Gasteiger partial charge on any atom is -0.481 e. The van der Waals surface area contributed by atoms with Gasteiger partial charge in [-0.15, -0.1) is 0 Å². The van der Waals surface area contributed by atoms with E-state index in [4.69, 9.17) is 0 Å². The Labute approximate surface area is 157 Å². The minimum atomic E-state index is -1.69. The number of rotatable bonds is 6. The van der Waals surface area contributed by atoms with Crippen molar-refractivity contribution in [3.63, 3.8) is 0 Å². The van der Waals surface area contributed by atoms with E-state index in [0.717, 1.165) is 0 Å². The second-order valence-corrected chi connectivity index (χ2v) is 8.90. The molecule has 6 atom stereocenters. The summed E-state index contributed by atoms with van der Waals surface area (Å²) in [6.45, 7) is 8.21. The fourth-order valence-electron chi connectivity index (χ4n) is 6.97. The first-order chi connectivity index (χ1) is 12.2. The van der Waals surface area contributed by atoms with E-state index in [1.807, 2.05) is 0 Å². The summed E-state index contributed by atoms with van der Waals surface area (Å²) in [6, 6.07) is 0. The van der Waals surface area contributed by atoms with Crippen molar-refractivity contribution >= 4 is 23.9 Å². The molecule has 0 amide bonds. The Morgan fingerprint density at radius 3 is 1.59 bits per heavy atom. The van der Waals surface area contributed by atoms with Gasteiger partial charge in [-0.25, -0.2) is 0 Å². The topological polar surface area (TPSA) is 149 Å². The fourth-order valence-corrected chi connectivity index (χ4v) is 6.97. The third kappa shape index (κ3) is 2.15. The van der Waals surface area contributed by atoms with Gasteiger partial charge in [0.2, 0.25) is 0 Å². The Hall–Kier alpha value is -2.12. The standard InChI is InChI=1S/C19H28O8/c1-8(2)18(15(24)25)12-6-10(13(20)21)11(14(22)23)7-17(12,5)19(18,9(3)4)16(26)27/h8-12H,6-7H2,1-5H3,(H,20,21)(H,22,23)(H,24,25)(H,26,27). The summed E-state index contributed by atoms with van der Waals surface area (Å²) >= 11 is 0. The molecule has 4 N–H and O–H groups in total. The Balaban J connectivity index is 2.81. The summed E-state index contributed by atoms with van der Waals surface area (Å²) in [4.78, 5) is 48.6. The van der Waals surface area contributed by atoms with Crippen molar-refractivity contribution in [1.29, 1.82) is 0 Å². The maximum Gasteiger partial charge on any atom is 0.311 e. The van der Waals surface area contributed by atoms with E-state index >= 15 is 0 Å². The van der Waals surface area contributed by atoms with Crippen LogP contribution in [0.25, 0.3) is 0 Å². The average Bonchev–Trinajstić information content (AvgIpc) is 2.48. The number of carbonyl (C=O) groups is 4. The van der Waals surface area contributed by atoms with E-state index in [2.05, 4.69) is 0 Å². The van der Waals surface area contributed by atoms with Crippen LogP contribution in [0.1, 0.15) is 47.5 Å². The molecule has 0 spiro atoms. The van der Waals surface area contributed by atoms with Crippen LogP contribution in [0.3, 0.4) is 0 Å². The summed E-state index contributed by atoms with van der Waals surface area (Å²) in [5.74, 6) is -9.46. The van der Waals surface area contributed by atoms with Gasteiger partial charge in [0.25, 0.3) is 0 Å². The molecular formula is C19H28O8. The predicted octanol–water partition coefficient (Wildman–Crippen LogP) is 2.27. The first-order valence-electron chi connectivity index (χ1n) is 9.16. The molecule has 0 aromatic carbocycles. The van der Waals surface area contributed by atoms with Crippen molar-refractivity contribution in [1.82, 2.24) is 0 Å². The van der Waals surface area contributed by atoms with E-state index in [-0.39, 0.29) is 12.8 Å². The predicted molar refractivity (Wildman–Crippen MR) is 92.9 cm³/mol. The van der Waals surface area contributed by atoms with Crippen molar-refractivity contribution in [2.75, 3.05) is 0 Å². The molecule has 152 valence electrons. The number of hydrogen-bond donors (Lipinski definition) is 4. The Morgan fingerprint density at radius 1 is 0.815 bits per heavy atom. The quantitative estimate of drug-likeness (QED) is 0.545. The lowest BCUT2D eigenvalue weighted by atomic mass is 9.23. The maximum absolute atomic E-state index is 12.6. The summed E-state index contributed by atoms with van der Waals surface area (Å²) in [6.07, 6.45) is -0.328. The van der Waals surface area contributed by atoms with Gasteiger partial charge >= 0.3 is 23.9 Å². The first-order valence-corrected chi connectivity index (χ1v) is 9.16. The molecule has 27 heavy (non-hydrogen) atoms. The third-order valence-corrected chi connectivity index (χ3v) is 7.59. The highest BCUT2D eigenvalue weighted by Gasteiger charge is 2.86. The zero-order valence-electron chi connectivity index (χ0n) is 16.2. The molecule has 0 radical (unpaired) electrons. The highest BCUT2D eigenvalue weighted by atomic mass is 16.4. The number of fused-ring (bicyclic) bond motifs is 1. The normalized spacial score (nSPS) is 40.9. The largest absolute Gasteiger partial charge is 0.481 e. The lowest BCUT2D eigenvalue weighted by molar-refractivity contribution is -0.318. The lowest BCUT2D eigenvalue weighted by Gasteiger charge is -2.76.